The standard InChI is InChI=1S/C14H20N2O/c1-10-4-5-12(8-11(10)2)9-13-14(17)16(3)7-6-15-13/h4-5,8,13,15H,6-7,9H2,1-3H3. The average molecular weight is 232 g/mol. The molecule has 0 bridgehead atoms. The molecule has 1 atom stereocenters. The van der Waals surface area contributed by atoms with Gasteiger partial charge < -0.3 is 10.2 Å². The molecule has 0 saturated carbocycles. The third-order valence-corrected chi connectivity index (χ3v) is 3.52. The van der Waals surface area contributed by atoms with E-state index in [1.165, 1.54) is 16.7 Å². The Labute approximate surface area is 103 Å². The monoisotopic (exact) mass is 232 g/mol. The van der Waals surface area contributed by atoms with Gasteiger partial charge >= 0.3 is 0 Å². The SMILES string of the molecule is Cc1ccc(CC2NCCN(C)C2=O)cc1C. The maximum absolute atomic E-state index is 11.9. The Hall–Kier alpha value is -1.35. The summed E-state index contributed by atoms with van der Waals surface area (Å²) >= 11 is 0. The molecule has 0 spiro atoms. The predicted octanol–water partition coefficient (Wildman–Crippen LogP) is 1.28. The summed E-state index contributed by atoms with van der Waals surface area (Å²) in [5, 5.41) is 3.29. The molecule has 3 nitrogen and oxygen atoms in total. The minimum Gasteiger partial charge on any atom is -0.343 e. The van der Waals surface area contributed by atoms with Crippen molar-refractivity contribution < 1.29 is 4.79 Å². The van der Waals surface area contributed by atoms with Crippen LogP contribution in [0.3, 0.4) is 0 Å². The highest BCUT2D eigenvalue weighted by molar-refractivity contribution is 5.82. The number of rotatable bonds is 2. The topological polar surface area (TPSA) is 32.3 Å². The van der Waals surface area contributed by atoms with Gasteiger partial charge in [0.15, 0.2) is 0 Å². The first kappa shape index (κ1) is 12.1. The zero-order valence-corrected chi connectivity index (χ0v) is 10.8. The van der Waals surface area contributed by atoms with Gasteiger partial charge in [0, 0.05) is 20.1 Å². The van der Waals surface area contributed by atoms with Gasteiger partial charge in [0.1, 0.15) is 0 Å². The van der Waals surface area contributed by atoms with Gasteiger partial charge in [-0.25, -0.2) is 0 Å². The quantitative estimate of drug-likeness (QED) is 0.833. The van der Waals surface area contributed by atoms with Crippen molar-refractivity contribution in [2.75, 3.05) is 20.1 Å². The van der Waals surface area contributed by atoms with Crippen LogP contribution in [0, 0.1) is 13.8 Å². The van der Waals surface area contributed by atoms with E-state index >= 15 is 0 Å². The fourth-order valence-electron chi connectivity index (χ4n) is 2.20. The second-order valence-corrected chi connectivity index (χ2v) is 4.89. The molecule has 92 valence electrons. The fraction of sp³-hybridized carbons (Fsp3) is 0.500. The first-order valence-corrected chi connectivity index (χ1v) is 6.12. The number of amides is 1. The largest absolute Gasteiger partial charge is 0.343 e. The number of hydrogen-bond acceptors (Lipinski definition) is 2. The number of likely N-dealkylation sites (N-methyl/N-ethyl adjacent to an activating group) is 1. The first-order valence-electron chi connectivity index (χ1n) is 6.12. The number of carbonyl (C=O) groups excluding carboxylic acids is 1. The minimum absolute atomic E-state index is 0.0594. The number of aryl methyl sites for hydroxylation is 2. The molecule has 0 aromatic heterocycles. The molecule has 1 aliphatic heterocycles. The summed E-state index contributed by atoms with van der Waals surface area (Å²) in [6, 6.07) is 6.36. The fourth-order valence-corrected chi connectivity index (χ4v) is 2.20. The summed E-state index contributed by atoms with van der Waals surface area (Å²) in [4.78, 5) is 13.8. The molecule has 3 heteroatoms. The molecular formula is C14H20N2O. The molecule has 0 radical (unpaired) electrons. The smallest absolute Gasteiger partial charge is 0.239 e. The summed E-state index contributed by atoms with van der Waals surface area (Å²) in [5.74, 6) is 0.203. The molecule has 1 aliphatic rings. The Kier molecular flexibility index (Phi) is 3.48. The van der Waals surface area contributed by atoms with Crippen LogP contribution in [0.4, 0.5) is 0 Å². The van der Waals surface area contributed by atoms with Crippen LogP contribution in [0.15, 0.2) is 18.2 Å². The molecule has 17 heavy (non-hydrogen) atoms. The minimum atomic E-state index is -0.0594. The second kappa shape index (κ2) is 4.88. The third kappa shape index (κ3) is 2.67. The van der Waals surface area contributed by atoms with Crippen LogP contribution < -0.4 is 5.32 Å². The molecule has 1 aromatic rings. The lowest BCUT2D eigenvalue weighted by atomic mass is 9.99. The summed E-state index contributed by atoms with van der Waals surface area (Å²) in [6.07, 6.45) is 0.782. The van der Waals surface area contributed by atoms with Crippen molar-refractivity contribution in [1.29, 1.82) is 0 Å². The average Bonchev–Trinajstić information content (AvgIpc) is 2.30. The van der Waals surface area contributed by atoms with Crippen LogP contribution >= 0.6 is 0 Å². The zero-order valence-electron chi connectivity index (χ0n) is 10.8. The van der Waals surface area contributed by atoms with E-state index in [0.717, 1.165) is 19.5 Å². The Balaban J connectivity index is 2.09. The van der Waals surface area contributed by atoms with Crippen molar-refractivity contribution in [3.05, 3.63) is 34.9 Å². The van der Waals surface area contributed by atoms with Gasteiger partial charge in [-0.15, -0.1) is 0 Å². The number of hydrogen-bond donors (Lipinski definition) is 1. The van der Waals surface area contributed by atoms with Crippen molar-refractivity contribution >= 4 is 5.91 Å². The van der Waals surface area contributed by atoms with Gasteiger partial charge in [0.25, 0.3) is 0 Å². The molecule has 1 amide bonds. The van der Waals surface area contributed by atoms with Crippen LogP contribution in [0.25, 0.3) is 0 Å². The Morgan fingerprint density at radius 1 is 1.35 bits per heavy atom. The van der Waals surface area contributed by atoms with E-state index in [9.17, 15) is 4.79 Å². The molecule has 1 unspecified atom stereocenters. The Morgan fingerprint density at radius 2 is 2.12 bits per heavy atom. The Bertz CT molecular complexity index is 428. The highest BCUT2D eigenvalue weighted by Gasteiger charge is 2.25. The van der Waals surface area contributed by atoms with Gasteiger partial charge in [0.2, 0.25) is 5.91 Å². The van der Waals surface area contributed by atoms with Crippen molar-refractivity contribution in [3.8, 4) is 0 Å². The lowest BCUT2D eigenvalue weighted by Gasteiger charge is -2.30. The highest BCUT2D eigenvalue weighted by Crippen LogP contribution is 2.13. The van der Waals surface area contributed by atoms with Gasteiger partial charge in [-0.3, -0.25) is 4.79 Å². The van der Waals surface area contributed by atoms with Crippen molar-refractivity contribution in [1.82, 2.24) is 10.2 Å². The molecule has 1 saturated heterocycles. The summed E-state index contributed by atoms with van der Waals surface area (Å²) in [5.41, 5.74) is 3.82. The zero-order chi connectivity index (χ0) is 12.4. The molecular weight excluding hydrogens is 212 g/mol. The van der Waals surface area contributed by atoms with E-state index in [1.54, 1.807) is 0 Å². The summed E-state index contributed by atoms with van der Waals surface area (Å²) in [7, 11) is 1.87. The lowest BCUT2D eigenvalue weighted by Crippen LogP contribution is -2.54. The number of nitrogens with one attached hydrogen (secondary N) is 1. The summed E-state index contributed by atoms with van der Waals surface area (Å²) in [6.45, 7) is 5.91. The first-order chi connectivity index (χ1) is 8.08. The van der Waals surface area contributed by atoms with E-state index in [4.69, 9.17) is 0 Å². The maximum atomic E-state index is 11.9. The van der Waals surface area contributed by atoms with Crippen LogP contribution in [0.5, 0.6) is 0 Å². The summed E-state index contributed by atoms with van der Waals surface area (Å²) < 4.78 is 0. The maximum Gasteiger partial charge on any atom is 0.239 e. The third-order valence-electron chi connectivity index (χ3n) is 3.52. The van der Waals surface area contributed by atoms with E-state index in [2.05, 4.69) is 37.4 Å². The molecule has 1 N–H and O–H groups in total. The number of carbonyl (C=O) groups is 1. The molecule has 1 fully saturated rings. The highest BCUT2D eigenvalue weighted by atomic mass is 16.2. The van der Waals surface area contributed by atoms with Gasteiger partial charge in [-0.05, 0) is 37.0 Å². The predicted molar refractivity (Wildman–Crippen MR) is 69.0 cm³/mol. The van der Waals surface area contributed by atoms with Gasteiger partial charge in [-0.2, -0.15) is 0 Å². The van der Waals surface area contributed by atoms with E-state index in [1.807, 2.05) is 11.9 Å². The van der Waals surface area contributed by atoms with Gasteiger partial charge in [0.05, 0.1) is 6.04 Å². The normalized spacial score (nSPS) is 20.8. The van der Waals surface area contributed by atoms with Crippen molar-refractivity contribution in [3.63, 3.8) is 0 Å². The molecule has 1 aromatic carbocycles. The van der Waals surface area contributed by atoms with Crippen LogP contribution in [0.1, 0.15) is 16.7 Å². The second-order valence-electron chi connectivity index (χ2n) is 4.89. The lowest BCUT2D eigenvalue weighted by molar-refractivity contribution is -0.134. The molecule has 0 aliphatic carbocycles. The molecule has 1 heterocycles. The van der Waals surface area contributed by atoms with E-state index in [-0.39, 0.29) is 11.9 Å². The number of piperazine rings is 1. The van der Waals surface area contributed by atoms with Crippen LogP contribution in [-0.2, 0) is 11.2 Å². The van der Waals surface area contributed by atoms with Crippen LogP contribution in [-0.4, -0.2) is 37.0 Å². The number of nitrogens with zero attached hydrogens (tertiary/aromatic N) is 1. The van der Waals surface area contributed by atoms with Crippen LogP contribution in [0.2, 0.25) is 0 Å². The van der Waals surface area contributed by atoms with Crippen molar-refractivity contribution in [2.45, 2.75) is 26.3 Å². The van der Waals surface area contributed by atoms with E-state index < -0.39 is 0 Å². The molecule has 2 rings (SSSR count). The van der Waals surface area contributed by atoms with Crippen molar-refractivity contribution in [2.24, 2.45) is 0 Å². The van der Waals surface area contributed by atoms with E-state index in [0.29, 0.717) is 0 Å². The van der Waals surface area contributed by atoms with Gasteiger partial charge in [-0.1, -0.05) is 18.2 Å². The Morgan fingerprint density at radius 3 is 2.82 bits per heavy atom. The number of benzene rings is 1.